The average molecular weight is 397 g/mol. The highest BCUT2D eigenvalue weighted by atomic mass is 16.5. The first-order valence-electron chi connectivity index (χ1n) is 10.4. The lowest BCUT2D eigenvalue weighted by Gasteiger charge is -2.48. The second-order valence-electron chi connectivity index (χ2n) is 9.35. The van der Waals surface area contributed by atoms with Crippen molar-refractivity contribution < 1.29 is 9.53 Å². The number of carbonyl (C=O) groups excluding carboxylic acids is 1. The van der Waals surface area contributed by atoms with Crippen molar-refractivity contribution in [3.05, 3.63) is 45.4 Å². The molecule has 1 aliphatic heterocycles. The summed E-state index contributed by atoms with van der Waals surface area (Å²) in [6.45, 7) is 14.9. The highest BCUT2D eigenvalue weighted by Crippen LogP contribution is 2.47. The van der Waals surface area contributed by atoms with Crippen molar-refractivity contribution in [1.29, 1.82) is 0 Å². The number of ketones is 1. The topological polar surface area (TPSA) is 61.2 Å². The van der Waals surface area contributed by atoms with Crippen molar-refractivity contribution in [2.24, 2.45) is 5.41 Å². The smallest absolute Gasteiger partial charge is 0.193 e. The molecule has 0 saturated carbocycles. The molecule has 156 valence electrons. The second kappa shape index (κ2) is 7.43. The van der Waals surface area contributed by atoms with E-state index in [0.717, 1.165) is 47.7 Å². The van der Waals surface area contributed by atoms with Gasteiger partial charge < -0.3 is 9.30 Å². The number of pyridine rings is 2. The van der Waals surface area contributed by atoms with E-state index in [1.54, 1.807) is 12.3 Å². The normalized spacial score (nSPS) is 18.2. The third-order valence-electron chi connectivity index (χ3n) is 6.36. The number of Topliss-reactive ketones (excluding diaryl/α,β-unsaturated/α-hetero) is 1. The fraction of sp³-hybridized carbons (Fsp3) is 0.542. The molecule has 0 saturated heterocycles. The molecule has 0 bridgehead atoms. The zero-order valence-electron chi connectivity index (χ0n) is 18.7. The van der Waals surface area contributed by atoms with Gasteiger partial charge in [-0.15, -0.1) is 0 Å². The summed E-state index contributed by atoms with van der Waals surface area (Å²) in [5.41, 5.74) is 2.99. The Morgan fingerprint density at radius 2 is 2.00 bits per heavy atom. The molecule has 3 rings (SSSR count). The number of unbranched alkanes of at least 4 members (excludes halogenated alkanes) is 1. The fourth-order valence-electron chi connectivity index (χ4n) is 3.93. The number of nitrogens with zero attached hydrogens (tertiary/aromatic N) is 2. The Hall–Kier alpha value is -2.43. The first-order chi connectivity index (χ1) is 13.5. The Balaban J connectivity index is 2.25. The van der Waals surface area contributed by atoms with Gasteiger partial charge in [0.2, 0.25) is 0 Å². The summed E-state index contributed by atoms with van der Waals surface area (Å²) in [6.07, 6.45) is 4.56. The van der Waals surface area contributed by atoms with Crippen LogP contribution in [0.2, 0.25) is 0 Å². The molecule has 2 aromatic rings. The number of rotatable bonds is 5. The third kappa shape index (κ3) is 3.63. The van der Waals surface area contributed by atoms with Crippen LogP contribution in [0, 0.1) is 12.3 Å². The van der Waals surface area contributed by atoms with Gasteiger partial charge in [-0.25, -0.2) is 4.98 Å². The summed E-state index contributed by atoms with van der Waals surface area (Å²) in [5.74, 6) is 0.598. The molecule has 0 radical (unpaired) electrons. The SMILES string of the molecule is CCCCOc1cc2c(nc1C)-c1cc(=O)c(C(C)=O)cn1C(C)(C(C)(C)C)C2. The van der Waals surface area contributed by atoms with Crippen molar-refractivity contribution >= 4 is 5.78 Å². The molecule has 1 atom stereocenters. The Bertz CT molecular complexity index is 1010. The van der Waals surface area contributed by atoms with Gasteiger partial charge in [-0.2, -0.15) is 0 Å². The van der Waals surface area contributed by atoms with Crippen LogP contribution in [-0.4, -0.2) is 21.9 Å². The standard InChI is InChI=1S/C24H32N2O3/c1-8-9-10-29-21-11-17-13-24(7,23(4,5)6)26-14-18(16(3)27)20(28)12-19(26)22(17)25-15(21)2/h11-12,14H,8-10,13H2,1-7H3. The first kappa shape index (κ1) is 21.3. The third-order valence-corrected chi connectivity index (χ3v) is 6.36. The monoisotopic (exact) mass is 396 g/mol. The summed E-state index contributed by atoms with van der Waals surface area (Å²) < 4.78 is 8.08. The number of hydrogen-bond donors (Lipinski definition) is 0. The highest BCUT2D eigenvalue weighted by molar-refractivity contribution is 5.94. The molecule has 0 spiro atoms. The van der Waals surface area contributed by atoms with E-state index in [1.807, 2.05) is 6.92 Å². The summed E-state index contributed by atoms with van der Waals surface area (Å²) in [4.78, 5) is 29.5. The molecule has 0 amide bonds. The van der Waals surface area contributed by atoms with Crippen molar-refractivity contribution in [2.75, 3.05) is 6.61 Å². The molecule has 0 aliphatic carbocycles. The Morgan fingerprint density at radius 1 is 1.31 bits per heavy atom. The van der Waals surface area contributed by atoms with Crippen molar-refractivity contribution in [2.45, 2.75) is 73.3 Å². The van der Waals surface area contributed by atoms with Crippen molar-refractivity contribution in [1.82, 2.24) is 9.55 Å². The van der Waals surface area contributed by atoms with Crippen LogP contribution in [-0.2, 0) is 12.0 Å². The highest BCUT2D eigenvalue weighted by Gasteiger charge is 2.44. The molecule has 0 N–H and O–H groups in total. The van der Waals surface area contributed by atoms with Crippen LogP contribution >= 0.6 is 0 Å². The maximum atomic E-state index is 12.6. The van der Waals surface area contributed by atoms with Crippen LogP contribution in [0.15, 0.2) is 23.1 Å². The molecule has 1 aliphatic rings. The lowest BCUT2D eigenvalue weighted by Crippen LogP contribution is -2.48. The van der Waals surface area contributed by atoms with E-state index in [2.05, 4.69) is 45.3 Å². The van der Waals surface area contributed by atoms with Gasteiger partial charge in [-0.05, 0) is 50.7 Å². The molecule has 0 fully saturated rings. The fourth-order valence-corrected chi connectivity index (χ4v) is 3.93. The van der Waals surface area contributed by atoms with E-state index in [9.17, 15) is 9.59 Å². The molecular formula is C24H32N2O3. The van der Waals surface area contributed by atoms with Gasteiger partial charge in [0.1, 0.15) is 5.75 Å². The van der Waals surface area contributed by atoms with Gasteiger partial charge in [0.15, 0.2) is 11.2 Å². The average Bonchev–Trinajstić information content (AvgIpc) is 2.61. The number of ether oxygens (including phenoxy) is 1. The zero-order chi connectivity index (χ0) is 21.6. The zero-order valence-corrected chi connectivity index (χ0v) is 18.7. The molecule has 2 aromatic heterocycles. The van der Waals surface area contributed by atoms with Crippen LogP contribution in [0.1, 0.15) is 76.0 Å². The Morgan fingerprint density at radius 3 is 2.59 bits per heavy atom. The summed E-state index contributed by atoms with van der Waals surface area (Å²) in [6, 6.07) is 3.66. The minimum Gasteiger partial charge on any atom is -0.492 e. The summed E-state index contributed by atoms with van der Waals surface area (Å²) in [5, 5.41) is 0. The summed E-state index contributed by atoms with van der Waals surface area (Å²) >= 11 is 0. The number of hydrogen-bond acceptors (Lipinski definition) is 4. The number of fused-ring (bicyclic) bond motifs is 3. The van der Waals surface area contributed by atoms with Crippen LogP contribution < -0.4 is 10.2 Å². The first-order valence-corrected chi connectivity index (χ1v) is 10.4. The van der Waals surface area contributed by atoms with Gasteiger partial charge >= 0.3 is 0 Å². The predicted octanol–water partition coefficient (Wildman–Crippen LogP) is 4.92. The van der Waals surface area contributed by atoms with Gasteiger partial charge in [-0.3, -0.25) is 9.59 Å². The number of carbonyl (C=O) groups is 1. The molecule has 5 heteroatoms. The minimum atomic E-state index is -0.329. The minimum absolute atomic E-state index is 0.114. The van der Waals surface area contributed by atoms with E-state index in [4.69, 9.17) is 9.72 Å². The molecule has 3 heterocycles. The van der Waals surface area contributed by atoms with Gasteiger partial charge in [0.05, 0.1) is 34.8 Å². The predicted molar refractivity (Wildman–Crippen MR) is 116 cm³/mol. The van der Waals surface area contributed by atoms with E-state index in [1.165, 1.54) is 6.92 Å². The van der Waals surface area contributed by atoms with Crippen molar-refractivity contribution in [3.8, 4) is 17.1 Å². The van der Waals surface area contributed by atoms with Crippen LogP contribution in [0.25, 0.3) is 11.4 Å². The Kier molecular flexibility index (Phi) is 5.46. The molecule has 0 aromatic carbocycles. The Labute approximate surface area is 173 Å². The van der Waals surface area contributed by atoms with Gasteiger partial charge in [0, 0.05) is 12.3 Å². The van der Waals surface area contributed by atoms with E-state index in [0.29, 0.717) is 6.61 Å². The van der Waals surface area contributed by atoms with Crippen LogP contribution in [0.5, 0.6) is 5.75 Å². The van der Waals surface area contributed by atoms with Crippen molar-refractivity contribution in [3.63, 3.8) is 0 Å². The maximum absolute atomic E-state index is 12.6. The number of aryl methyl sites for hydroxylation is 1. The molecule has 5 nitrogen and oxygen atoms in total. The van der Waals surface area contributed by atoms with Gasteiger partial charge in [0.25, 0.3) is 0 Å². The lowest BCUT2D eigenvalue weighted by molar-refractivity contribution is 0.0999. The quantitative estimate of drug-likeness (QED) is 0.532. The van der Waals surface area contributed by atoms with Crippen LogP contribution in [0.3, 0.4) is 0 Å². The van der Waals surface area contributed by atoms with E-state index in [-0.39, 0.29) is 27.7 Å². The largest absolute Gasteiger partial charge is 0.492 e. The maximum Gasteiger partial charge on any atom is 0.193 e. The van der Waals surface area contributed by atoms with Crippen LogP contribution in [0.4, 0.5) is 0 Å². The molecular weight excluding hydrogens is 364 g/mol. The van der Waals surface area contributed by atoms with Gasteiger partial charge in [-0.1, -0.05) is 34.1 Å². The lowest BCUT2D eigenvalue weighted by atomic mass is 9.69. The van der Waals surface area contributed by atoms with E-state index < -0.39 is 0 Å². The van der Waals surface area contributed by atoms with E-state index >= 15 is 0 Å². The molecule has 29 heavy (non-hydrogen) atoms. The molecule has 1 unspecified atom stereocenters. The number of aromatic nitrogens is 2. The second-order valence-corrected chi connectivity index (χ2v) is 9.35. The summed E-state index contributed by atoms with van der Waals surface area (Å²) in [7, 11) is 0.